The standard InChI is InChI=1S/C27H25F3N2O/c1-2-33-22-14-15-23-24(16-22)32(21-4-3-5-21)26(18-8-12-20(31)13-9-18)25(23)17-6-10-19(11-7-17)27(28,29)30/h6-16,21H,2-5,31H2,1H3. The molecule has 0 radical (unpaired) electrons. The molecule has 0 atom stereocenters. The number of fused-ring (bicyclic) bond motifs is 1. The van der Waals surface area contributed by atoms with Crippen LogP contribution in [-0.4, -0.2) is 11.2 Å². The molecule has 0 saturated heterocycles. The van der Waals surface area contributed by atoms with Gasteiger partial charge in [0.05, 0.1) is 23.4 Å². The van der Waals surface area contributed by atoms with Crippen LogP contribution < -0.4 is 10.5 Å². The third kappa shape index (κ3) is 3.84. The highest BCUT2D eigenvalue weighted by atomic mass is 19.4. The minimum Gasteiger partial charge on any atom is -0.494 e. The molecule has 6 heteroatoms. The van der Waals surface area contributed by atoms with Crippen LogP contribution in [0.25, 0.3) is 33.3 Å². The van der Waals surface area contributed by atoms with E-state index in [9.17, 15) is 13.2 Å². The zero-order valence-corrected chi connectivity index (χ0v) is 18.3. The maximum absolute atomic E-state index is 13.2. The summed E-state index contributed by atoms with van der Waals surface area (Å²) >= 11 is 0. The van der Waals surface area contributed by atoms with Crippen molar-refractivity contribution in [1.29, 1.82) is 0 Å². The van der Waals surface area contributed by atoms with Gasteiger partial charge in [-0.15, -0.1) is 0 Å². The van der Waals surface area contributed by atoms with Crippen LogP contribution >= 0.6 is 0 Å². The number of benzene rings is 3. The molecule has 1 fully saturated rings. The molecular weight excluding hydrogens is 425 g/mol. The summed E-state index contributed by atoms with van der Waals surface area (Å²) in [6, 6.07) is 19.5. The number of anilines is 1. The topological polar surface area (TPSA) is 40.2 Å². The Morgan fingerprint density at radius 3 is 2.18 bits per heavy atom. The average Bonchev–Trinajstić information content (AvgIpc) is 3.07. The fourth-order valence-corrected chi connectivity index (χ4v) is 4.61. The molecule has 0 spiro atoms. The fraction of sp³-hybridized carbons (Fsp3) is 0.259. The van der Waals surface area contributed by atoms with E-state index >= 15 is 0 Å². The Labute approximate surface area is 190 Å². The highest BCUT2D eigenvalue weighted by molar-refractivity contribution is 6.05. The Morgan fingerprint density at radius 1 is 0.939 bits per heavy atom. The lowest BCUT2D eigenvalue weighted by atomic mass is 9.91. The molecule has 0 aliphatic heterocycles. The van der Waals surface area contributed by atoms with E-state index in [2.05, 4.69) is 4.57 Å². The summed E-state index contributed by atoms with van der Waals surface area (Å²) in [6.45, 7) is 2.51. The monoisotopic (exact) mass is 450 g/mol. The van der Waals surface area contributed by atoms with Crippen molar-refractivity contribution in [3.63, 3.8) is 0 Å². The maximum atomic E-state index is 13.2. The molecule has 0 bridgehead atoms. The van der Waals surface area contributed by atoms with Crippen LogP contribution in [-0.2, 0) is 6.18 Å². The van der Waals surface area contributed by atoms with Gasteiger partial charge in [0.15, 0.2) is 0 Å². The van der Waals surface area contributed by atoms with Crippen molar-refractivity contribution in [2.45, 2.75) is 38.4 Å². The van der Waals surface area contributed by atoms with Gasteiger partial charge in [-0.05, 0) is 73.7 Å². The number of nitrogens with zero attached hydrogens (tertiary/aromatic N) is 1. The van der Waals surface area contributed by atoms with Gasteiger partial charge in [-0.2, -0.15) is 13.2 Å². The summed E-state index contributed by atoms with van der Waals surface area (Å²) in [7, 11) is 0. The molecule has 1 aromatic heterocycles. The molecule has 1 heterocycles. The Balaban J connectivity index is 1.81. The Kier molecular flexibility index (Phi) is 5.31. The van der Waals surface area contributed by atoms with Crippen LogP contribution in [0.1, 0.15) is 37.8 Å². The van der Waals surface area contributed by atoms with E-state index in [-0.39, 0.29) is 0 Å². The van der Waals surface area contributed by atoms with Crippen molar-refractivity contribution in [2.75, 3.05) is 12.3 Å². The molecule has 1 saturated carbocycles. The molecule has 2 N–H and O–H groups in total. The van der Waals surface area contributed by atoms with Crippen LogP contribution in [0.15, 0.2) is 66.7 Å². The molecule has 4 aromatic rings. The first-order valence-electron chi connectivity index (χ1n) is 11.2. The van der Waals surface area contributed by atoms with E-state index < -0.39 is 11.7 Å². The van der Waals surface area contributed by atoms with Gasteiger partial charge in [-0.1, -0.05) is 24.3 Å². The second-order valence-corrected chi connectivity index (χ2v) is 8.49. The molecule has 0 unspecified atom stereocenters. The van der Waals surface area contributed by atoms with Crippen molar-refractivity contribution in [3.8, 4) is 28.1 Å². The molecule has 3 aromatic carbocycles. The number of hydrogen-bond donors (Lipinski definition) is 1. The average molecular weight is 451 g/mol. The third-order valence-corrected chi connectivity index (χ3v) is 6.41. The van der Waals surface area contributed by atoms with Gasteiger partial charge >= 0.3 is 6.18 Å². The minimum atomic E-state index is -4.37. The zero-order chi connectivity index (χ0) is 23.2. The van der Waals surface area contributed by atoms with Crippen LogP contribution in [0.4, 0.5) is 18.9 Å². The number of aromatic nitrogens is 1. The summed E-state index contributed by atoms with van der Waals surface area (Å²) < 4.78 is 47.7. The Morgan fingerprint density at radius 2 is 1.61 bits per heavy atom. The lowest BCUT2D eigenvalue weighted by molar-refractivity contribution is -0.137. The van der Waals surface area contributed by atoms with Crippen molar-refractivity contribution in [3.05, 3.63) is 72.3 Å². The first-order chi connectivity index (χ1) is 15.9. The van der Waals surface area contributed by atoms with Crippen molar-refractivity contribution >= 4 is 16.6 Å². The highest BCUT2D eigenvalue weighted by Gasteiger charge is 2.31. The maximum Gasteiger partial charge on any atom is 0.416 e. The predicted molar refractivity (Wildman–Crippen MR) is 126 cm³/mol. The Bertz CT molecular complexity index is 1280. The summed E-state index contributed by atoms with van der Waals surface area (Å²) in [6.07, 6.45) is -1.08. The van der Waals surface area contributed by atoms with Gasteiger partial charge in [0, 0.05) is 28.7 Å². The van der Waals surface area contributed by atoms with Gasteiger partial charge in [0.2, 0.25) is 0 Å². The van der Waals surface area contributed by atoms with E-state index in [0.717, 1.165) is 70.4 Å². The van der Waals surface area contributed by atoms with E-state index in [1.807, 2.05) is 49.4 Å². The largest absolute Gasteiger partial charge is 0.494 e. The van der Waals surface area contributed by atoms with E-state index in [1.165, 1.54) is 0 Å². The van der Waals surface area contributed by atoms with Crippen molar-refractivity contribution < 1.29 is 17.9 Å². The highest BCUT2D eigenvalue weighted by Crippen LogP contribution is 2.47. The quantitative estimate of drug-likeness (QED) is 0.317. The van der Waals surface area contributed by atoms with Crippen LogP contribution in [0, 0.1) is 0 Å². The number of alkyl halides is 3. The number of nitrogen functional groups attached to an aromatic ring is 1. The minimum absolute atomic E-state index is 0.333. The molecule has 1 aliphatic carbocycles. The normalized spacial score (nSPS) is 14.4. The zero-order valence-electron chi connectivity index (χ0n) is 18.3. The first kappa shape index (κ1) is 21.4. The van der Waals surface area contributed by atoms with Crippen LogP contribution in [0.2, 0.25) is 0 Å². The van der Waals surface area contributed by atoms with Crippen molar-refractivity contribution in [2.24, 2.45) is 0 Å². The molecule has 1 aliphatic rings. The van der Waals surface area contributed by atoms with Gasteiger partial charge in [0.1, 0.15) is 5.75 Å². The third-order valence-electron chi connectivity index (χ3n) is 6.41. The molecule has 3 nitrogen and oxygen atoms in total. The summed E-state index contributed by atoms with van der Waals surface area (Å²) in [5.74, 6) is 0.783. The van der Waals surface area contributed by atoms with E-state index in [0.29, 0.717) is 18.3 Å². The van der Waals surface area contributed by atoms with Crippen molar-refractivity contribution in [1.82, 2.24) is 4.57 Å². The lowest BCUT2D eigenvalue weighted by Gasteiger charge is -2.30. The lowest BCUT2D eigenvalue weighted by Crippen LogP contribution is -2.17. The molecule has 0 amide bonds. The second kappa shape index (κ2) is 8.18. The predicted octanol–water partition coefficient (Wildman–Crippen LogP) is 7.70. The molecule has 5 rings (SSSR count). The Hall–Kier alpha value is -3.41. The summed E-state index contributed by atoms with van der Waals surface area (Å²) in [5.41, 5.74) is 10.7. The van der Waals surface area contributed by atoms with E-state index in [4.69, 9.17) is 10.5 Å². The molecule has 33 heavy (non-hydrogen) atoms. The summed E-state index contributed by atoms with van der Waals surface area (Å²) in [5, 5.41) is 0.997. The van der Waals surface area contributed by atoms with Gasteiger partial charge < -0.3 is 15.0 Å². The van der Waals surface area contributed by atoms with Crippen LogP contribution in [0.5, 0.6) is 5.75 Å². The van der Waals surface area contributed by atoms with Gasteiger partial charge in [-0.25, -0.2) is 0 Å². The van der Waals surface area contributed by atoms with Gasteiger partial charge in [-0.3, -0.25) is 0 Å². The van der Waals surface area contributed by atoms with Gasteiger partial charge in [0.25, 0.3) is 0 Å². The summed E-state index contributed by atoms with van der Waals surface area (Å²) in [4.78, 5) is 0. The molecule has 170 valence electrons. The number of halogens is 3. The molecular formula is C27H25F3N2O. The number of ether oxygens (including phenoxy) is 1. The number of nitrogens with two attached hydrogens (primary N) is 1. The van der Waals surface area contributed by atoms with Crippen LogP contribution in [0.3, 0.4) is 0 Å². The number of hydrogen-bond acceptors (Lipinski definition) is 2. The SMILES string of the molecule is CCOc1ccc2c(-c3ccc(C(F)(F)F)cc3)c(-c3ccc(N)cc3)n(C3CCC3)c2c1. The second-order valence-electron chi connectivity index (χ2n) is 8.49. The smallest absolute Gasteiger partial charge is 0.416 e. The number of rotatable bonds is 5. The fourth-order valence-electron chi connectivity index (χ4n) is 4.61. The first-order valence-corrected chi connectivity index (χ1v) is 11.2. The van der Waals surface area contributed by atoms with E-state index in [1.54, 1.807) is 12.1 Å².